The maximum Gasteiger partial charge on any atom is 0.439 e. The summed E-state index contributed by atoms with van der Waals surface area (Å²) in [5.41, 5.74) is 2.64. The summed E-state index contributed by atoms with van der Waals surface area (Å²) >= 11 is 0. The van der Waals surface area contributed by atoms with Crippen LogP contribution in [0.4, 0.5) is 11.4 Å². The highest BCUT2D eigenvalue weighted by atomic mass is 16.5. The van der Waals surface area contributed by atoms with E-state index in [1.165, 1.54) is 17.0 Å². The molecule has 1 saturated heterocycles. The number of aromatic amines is 1. The van der Waals surface area contributed by atoms with E-state index >= 15 is 0 Å². The van der Waals surface area contributed by atoms with Crippen LogP contribution in [0.5, 0.6) is 0 Å². The number of aliphatic hydroxyl groups excluding tert-OH is 1. The summed E-state index contributed by atoms with van der Waals surface area (Å²) in [6.45, 7) is 0.804. The summed E-state index contributed by atoms with van der Waals surface area (Å²) in [6, 6.07) is 11.3. The van der Waals surface area contributed by atoms with Crippen LogP contribution >= 0.6 is 0 Å². The molecule has 3 heterocycles. The van der Waals surface area contributed by atoms with E-state index in [0.29, 0.717) is 23.4 Å². The van der Waals surface area contributed by atoms with Crippen LogP contribution in [-0.4, -0.2) is 70.3 Å². The molecule has 6 N–H and O–H groups in total. The number of aromatic nitrogens is 2. The molecule has 188 valence electrons. The molecule has 0 bridgehead atoms. The van der Waals surface area contributed by atoms with Crippen molar-refractivity contribution in [3.05, 3.63) is 64.1 Å². The highest BCUT2D eigenvalue weighted by molar-refractivity contribution is 6.03. The molecule has 2 aliphatic rings. The van der Waals surface area contributed by atoms with Crippen molar-refractivity contribution in [2.45, 2.75) is 18.8 Å². The third kappa shape index (κ3) is 4.49. The van der Waals surface area contributed by atoms with E-state index in [0.717, 1.165) is 5.56 Å². The molecule has 0 unspecified atom stereocenters. The molecule has 0 radical (unpaired) electrons. The number of aliphatic hydroxyl groups is 1. The first-order chi connectivity index (χ1) is 16.8. The fourth-order valence-corrected chi connectivity index (χ4v) is 4.06. The Morgan fingerprint density at radius 3 is 2.67 bits per heavy atom. The monoisotopic (exact) mass is 496 g/mol. The number of morpholine rings is 1. The number of quaternary nitrogens is 1. The Labute approximate surface area is 204 Å². The van der Waals surface area contributed by atoms with E-state index < -0.39 is 29.8 Å². The van der Waals surface area contributed by atoms with Crippen molar-refractivity contribution < 1.29 is 29.1 Å². The molecule has 1 aromatic heterocycles. The zero-order chi connectivity index (χ0) is 24.7. The Hall–Kier alpha value is -4.33. The van der Waals surface area contributed by atoms with Crippen molar-refractivity contribution in [3.63, 3.8) is 0 Å². The zero-order valence-electron chi connectivity index (χ0n) is 19.5. The third-order valence-electron chi connectivity index (χ3n) is 5.87. The van der Waals surface area contributed by atoms with Crippen molar-refractivity contribution in [2.75, 3.05) is 25.1 Å². The van der Waals surface area contributed by atoms with Gasteiger partial charge in [0.1, 0.15) is 6.10 Å². The fraction of sp³-hybridized carbons (Fsp3) is 0.261. The minimum atomic E-state index is -1.82. The first-order valence-electron chi connectivity index (χ1n) is 10.7. The Bertz CT molecular complexity index is 1380. The Morgan fingerprint density at radius 2 is 1.97 bits per heavy atom. The number of hydrogen-bond acceptors (Lipinski definition) is 9. The number of nitrogens with one attached hydrogen (secondary N) is 1. The molecule has 5 rings (SSSR count). The van der Waals surface area contributed by atoms with Crippen LogP contribution in [-0.2, 0) is 16.1 Å². The molecule has 2 amide bonds. The quantitative estimate of drug-likeness (QED) is 0.328. The molecule has 2 atom stereocenters. The average molecular weight is 496 g/mol. The maximum absolute atomic E-state index is 13.1. The van der Waals surface area contributed by atoms with E-state index in [1.807, 2.05) is 0 Å². The summed E-state index contributed by atoms with van der Waals surface area (Å²) in [6.07, 6.45) is -3.26. The minimum Gasteiger partial charge on any atom is -0.860 e. The van der Waals surface area contributed by atoms with E-state index in [-0.39, 0.29) is 36.7 Å². The van der Waals surface area contributed by atoms with Gasteiger partial charge in [0.05, 0.1) is 12.3 Å². The standard InChI is InChI=1S/C23H21N5O7.H3N/c1-27-11-13-4-7-15(10-16(13)21(27)31)28-8-9-34-18(22(28)32)17(29)20(30)24-14-5-2-12(3-6-14)19-25-23(33)35-26-19;/h2-7,10,17-18,29H,8-9,11H2,1H3,(H,24,30)(H,25,26,33);1H3/t17-,18-;/m1./s1. The number of H-pyrrole nitrogens is 1. The van der Waals surface area contributed by atoms with Gasteiger partial charge in [0.25, 0.3) is 11.8 Å². The number of carbonyl (C=O) groups is 2. The van der Waals surface area contributed by atoms with Gasteiger partial charge in [-0.2, -0.15) is 0 Å². The van der Waals surface area contributed by atoms with Crippen LogP contribution < -0.4 is 21.9 Å². The lowest BCUT2D eigenvalue weighted by Crippen LogP contribution is -2.56. The predicted molar refractivity (Wildman–Crippen MR) is 126 cm³/mol. The van der Waals surface area contributed by atoms with Gasteiger partial charge in [0.2, 0.25) is 0 Å². The molecule has 36 heavy (non-hydrogen) atoms. The zero-order valence-corrected chi connectivity index (χ0v) is 19.5. The smallest absolute Gasteiger partial charge is 0.439 e. The van der Waals surface area contributed by atoms with Gasteiger partial charge in [0.15, 0.2) is 11.9 Å². The summed E-state index contributed by atoms with van der Waals surface area (Å²) < 4.78 is 9.88. The molecule has 0 saturated carbocycles. The molecule has 13 heteroatoms. The molecule has 3 aromatic rings. The summed E-state index contributed by atoms with van der Waals surface area (Å²) in [7, 11) is 1.70. The second kappa shape index (κ2) is 9.73. The van der Waals surface area contributed by atoms with Crippen LogP contribution in [0.2, 0.25) is 0 Å². The van der Waals surface area contributed by atoms with Crippen LogP contribution in [0.25, 0.3) is 11.4 Å². The topological polar surface area (TPSA) is 201 Å². The molecular formula is C23H24N6O7. The first-order valence-corrected chi connectivity index (χ1v) is 10.7. The number of hydrogen-bond donors (Lipinski definition) is 3. The number of nitrogens with zero attached hydrogens (tertiary/aromatic N) is 4. The molecule has 2 aliphatic heterocycles. The van der Waals surface area contributed by atoms with Crippen molar-refractivity contribution in [1.29, 1.82) is 0 Å². The number of amides is 2. The van der Waals surface area contributed by atoms with Crippen molar-refractivity contribution >= 4 is 29.1 Å². The van der Waals surface area contributed by atoms with E-state index in [9.17, 15) is 24.6 Å². The average Bonchev–Trinajstić information content (AvgIpc) is 3.41. The van der Waals surface area contributed by atoms with Crippen LogP contribution in [0.15, 0.2) is 56.8 Å². The largest absolute Gasteiger partial charge is 0.860 e. The summed E-state index contributed by atoms with van der Waals surface area (Å²) in [4.78, 5) is 45.7. The lowest BCUT2D eigenvalue weighted by molar-refractivity contribution is -0.233. The van der Waals surface area contributed by atoms with E-state index in [1.54, 1.807) is 42.3 Å². The molecule has 13 nitrogen and oxygen atoms in total. The summed E-state index contributed by atoms with van der Waals surface area (Å²) in [5, 5.41) is 26.7. The van der Waals surface area contributed by atoms with Crippen molar-refractivity contribution in [3.8, 4) is 11.4 Å². The molecule has 2 aromatic carbocycles. The Balaban J connectivity index is 0.00000304. The van der Waals surface area contributed by atoms with Gasteiger partial charge in [0, 0.05) is 37.0 Å². The van der Waals surface area contributed by atoms with Crippen LogP contribution in [0.1, 0.15) is 15.9 Å². The number of aliphatic imine (C=N–C) groups is 1. The number of carbonyl (C=O) groups excluding carboxylic acids is 2. The van der Waals surface area contributed by atoms with Gasteiger partial charge in [-0.05, 0) is 47.9 Å². The molecule has 1 fully saturated rings. The highest BCUT2D eigenvalue weighted by Crippen LogP contribution is 2.28. The lowest BCUT2D eigenvalue weighted by atomic mass is 10.1. The maximum atomic E-state index is 13.1. The van der Waals surface area contributed by atoms with Gasteiger partial charge >= 0.3 is 5.76 Å². The lowest BCUT2D eigenvalue weighted by Gasteiger charge is -2.36. The number of benzene rings is 2. The number of fused-ring (bicyclic) bond motifs is 1. The number of anilines is 1. The van der Waals surface area contributed by atoms with Crippen LogP contribution in [0.3, 0.4) is 0 Å². The SMILES string of the molecule is CN1Cc2ccc(N3CCO[C@H]([C@@H](O)C([O-])=Nc4ccc(-c5noc(=O)[nH]5)cc4)C3=O)cc2C1=O.[NH4+]. The van der Waals surface area contributed by atoms with Gasteiger partial charge in [-0.1, -0.05) is 11.2 Å². The number of ether oxygens (including phenoxy) is 1. The fourth-order valence-electron chi connectivity index (χ4n) is 4.06. The second-order valence-corrected chi connectivity index (χ2v) is 8.17. The Morgan fingerprint density at radius 1 is 1.22 bits per heavy atom. The molecule has 0 aliphatic carbocycles. The van der Waals surface area contributed by atoms with Crippen molar-refractivity contribution in [1.82, 2.24) is 21.2 Å². The second-order valence-electron chi connectivity index (χ2n) is 8.17. The van der Waals surface area contributed by atoms with Crippen molar-refractivity contribution in [2.24, 2.45) is 4.99 Å². The third-order valence-corrected chi connectivity index (χ3v) is 5.87. The van der Waals surface area contributed by atoms with Gasteiger partial charge in [-0.25, -0.2) is 4.79 Å². The van der Waals surface area contributed by atoms with Gasteiger partial charge in [-0.15, -0.1) is 0 Å². The van der Waals surface area contributed by atoms with E-state index in [4.69, 9.17) is 4.74 Å². The van der Waals surface area contributed by atoms with Gasteiger partial charge in [-0.3, -0.25) is 24.1 Å². The highest BCUT2D eigenvalue weighted by Gasteiger charge is 2.37. The Kier molecular flexibility index (Phi) is 6.70. The number of rotatable bonds is 5. The predicted octanol–water partition coefficient (Wildman–Crippen LogP) is 0.175. The molecule has 0 spiro atoms. The normalized spacial score (nSPS) is 18.7. The first kappa shape index (κ1) is 24.8. The molecular weight excluding hydrogens is 472 g/mol. The summed E-state index contributed by atoms with van der Waals surface area (Å²) in [5.74, 6) is -2.16. The van der Waals surface area contributed by atoms with Crippen LogP contribution in [0, 0.1) is 0 Å². The minimum absolute atomic E-state index is 0. The van der Waals surface area contributed by atoms with E-state index in [2.05, 4.69) is 19.7 Å². The van der Waals surface area contributed by atoms with Gasteiger partial charge < -0.3 is 30.9 Å².